The first-order valence-electron chi connectivity index (χ1n) is 9.39. The maximum atomic E-state index is 14.3. The standard InChI is InChI=1S/C13F30O3Si/c14-1(15,7(23,24)25)4(20,10(32,33)34)44-47(13(41,42)43,45-5(21,11(35,36)37)2(16,17)8(26,27)28)46-6(22,12(38,39)40)3(18,19)9(29,30)31. The average Bonchev–Trinajstić information content (AvgIpc) is 2.72. The van der Waals surface area contributed by atoms with E-state index in [1.807, 2.05) is 0 Å². The molecule has 0 amide bonds. The summed E-state index contributed by atoms with van der Waals surface area (Å²) in [5.74, 6) is -65.1. The van der Waals surface area contributed by atoms with E-state index in [4.69, 9.17) is 0 Å². The van der Waals surface area contributed by atoms with Crippen molar-refractivity contribution >= 4 is 8.80 Å². The lowest BCUT2D eigenvalue weighted by Crippen LogP contribution is -2.79. The fourth-order valence-corrected chi connectivity index (χ4v) is 4.55. The zero-order valence-corrected chi connectivity index (χ0v) is 20.6. The van der Waals surface area contributed by atoms with Crippen LogP contribution in [0.4, 0.5) is 132 Å². The number of alkyl halides is 30. The summed E-state index contributed by atoms with van der Waals surface area (Å²) in [6, 6.07) is 0. The van der Waals surface area contributed by atoms with Crippen LogP contribution in [-0.4, -0.2) is 87.0 Å². The molecular weight excluding hydrogens is 802 g/mol. The normalized spacial score (nSPS) is 21.1. The monoisotopic (exact) mass is 802 g/mol. The smallest absolute Gasteiger partial charge is 0.322 e. The van der Waals surface area contributed by atoms with Gasteiger partial charge in [0, 0.05) is 0 Å². The van der Waals surface area contributed by atoms with Crippen molar-refractivity contribution < 1.29 is 145 Å². The number of hydrogen-bond donors (Lipinski definition) is 0. The third-order valence-electron chi connectivity index (χ3n) is 4.55. The first-order chi connectivity index (χ1) is 19.6. The fourth-order valence-electron chi connectivity index (χ4n) is 2.24. The van der Waals surface area contributed by atoms with Gasteiger partial charge in [-0.25, -0.2) is 0 Å². The molecular formula is C13F30O3Si. The third kappa shape index (κ3) is 6.91. The Balaban J connectivity index is 8.95. The van der Waals surface area contributed by atoms with Crippen LogP contribution in [0.1, 0.15) is 0 Å². The lowest BCUT2D eigenvalue weighted by atomic mass is 10.1. The van der Waals surface area contributed by atoms with Crippen molar-refractivity contribution in [3.63, 3.8) is 0 Å². The zero-order chi connectivity index (χ0) is 39.1. The van der Waals surface area contributed by atoms with Crippen molar-refractivity contribution in [1.29, 1.82) is 0 Å². The van der Waals surface area contributed by atoms with E-state index in [0.717, 1.165) is 13.3 Å². The zero-order valence-electron chi connectivity index (χ0n) is 19.6. The second kappa shape index (κ2) is 11.3. The summed E-state index contributed by atoms with van der Waals surface area (Å²) >= 11 is 0. The van der Waals surface area contributed by atoms with Crippen molar-refractivity contribution in [2.75, 3.05) is 0 Å². The number of hydrogen-bond acceptors (Lipinski definition) is 3. The molecule has 0 rings (SSSR count). The summed E-state index contributed by atoms with van der Waals surface area (Å²) in [6.45, 7) is 0. The highest BCUT2D eigenvalue weighted by Crippen LogP contribution is 2.62. The molecule has 0 fully saturated rings. The molecule has 3 atom stereocenters. The van der Waals surface area contributed by atoms with Crippen LogP contribution >= 0.6 is 0 Å². The van der Waals surface area contributed by atoms with Gasteiger partial charge in [0.05, 0.1) is 0 Å². The van der Waals surface area contributed by atoms with Gasteiger partial charge in [-0.2, -0.15) is 132 Å². The maximum Gasteiger partial charge on any atom is 0.624 e. The molecule has 0 spiro atoms. The molecule has 34 heteroatoms. The van der Waals surface area contributed by atoms with Crippen LogP contribution < -0.4 is 0 Å². The Morgan fingerprint density at radius 3 is 0.468 bits per heavy atom. The van der Waals surface area contributed by atoms with Crippen molar-refractivity contribution in [3.05, 3.63) is 0 Å². The predicted octanol–water partition coefficient (Wildman–Crippen LogP) is 9.35. The third-order valence-corrected chi connectivity index (χ3v) is 6.89. The molecule has 0 aromatic rings. The van der Waals surface area contributed by atoms with Crippen LogP contribution in [0.5, 0.6) is 0 Å². The van der Waals surface area contributed by atoms with Gasteiger partial charge in [0.15, 0.2) is 0 Å². The second-order valence-electron chi connectivity index (χ2n) is 7.86. The van der Waals surface area contributed by atoms with Crippen LogP contribution in [-0.2, 0) is 13.3 Å². The van der Waals surface area contributed by atoms with Crippen LogP contribution in [0.2, 0.25) is 0 Å². The van der Waals surface area contributed by atoms with Crippen LogP contribution in [0, 0.1) is 0 Å². The SMILES string of the molecule is FC(F)(F)C(F)(F)C(F)(O[Si](OC(F)(C(F)(F)F)C(F)(F)C(F)(F)F)(OC(F)(C(F)(F)F)C(F)(F)C(F)(F)F)C(F)(F)F)C(F)(F)F. The van der Waals surface area contributed by atoms with E-state index in [1.54, 1.807) is 0 Å². The minimum atomic E-state index is -12.0. The molecule has 0 aliphatic heterocycles. The Kier molecular flexibility index (Phi) is 10.8. The lowest BCUT2D eigenvalue weighted by molar-refractivity contribution is -0.478. The Bertz CT molecular complexity index is 975. The Morgan fingerprint density at radius 2 is 0.383 bits per heavy atom. The largest absolute Gasteiger partial charge is 0.624 e. The summed E-state index contributed by atoms with van der Waals surface area (Å²) in [7, 11) is -12.0. The molecule has 0 heterocycles. The van der Waals surface area contributed by atoms with E-state index in [-0.39, 0.29) is 0 Å². The fraction of sp³-hybridized carbons (Fsp3) is 1.00. The summed E-state index contributed by atoms with van der Waals surface area (Å²) in [5.41, 5.74) is 0. The molecule has 0 bridgehead atoms. The van der Waals surface area contributed by atoms with E-state index in [1.165, 1.54) is 0 Å². The number of halogens is 30. The van der Waals surface area contributed by atoms with E-state index < -0.39 is 87.0 Å². The molecule has 3 unspecified atom stereocenters. The quantitative estimate of drug-likeness (QED) is 0.172. The molecule has 0 aliphatic carbocycles. The highest BCUT2D eigenvalue weighted by atomic mass is 28.4. The van der Waals surface area contributed by atoms with Crippen LogP contribution in [0.15, 0.2) is 0 Å². The molecule has 0 saturated carbocycles. The van der Waals surface area contributed by atoms with Gasteiger partial charge in [-0.1, -0.05) is 0 Å². The van der Waals surface area contributed by atoms with Gasteiger partial charge >= 0.3 is 87.0 Å². The highest BCUT2D eigenvalue weighted by molar-refractivity contribution is 6.63. The molecule has 47 heavy (non-hydrogen) atoms. The van der Waals surface area contributed by atoms with E-state index in [0.29, 0.717) is 0 Å². The Labute approximate surface area is 233 Å². The molecule has 0 saturated heterocycles. The van der Waals surface area contributed by atoms with Gasteiger partial charge in [-0.3, -0.25) is 0 Å². The summed E-state index contributed by atoms with van der Waals surface area (Å²) < 4.78 is 398. The maximum absolute atomic E-state index is 14.3. The minimum absolute atomic E-state index is 0.970. The van der Waals surface area contributed by atoms with Gasteiger partial charge in [-0.05, 0) is 0 Å². The van der Waals surface area contributed by atoms with Gasteiger partial charge < -0.3 is 13.3 Å². The molecule has 3 nitrogen and oxygen atoms in total. The number of rotatable bonds is 9. The lowest BCUT2D eigenvalue weighted by Gasteiger charge is -2.47. The Hall–Kier alpha value is -2.00. The molecule has 0 N–H and O–H groups in total. The summed E-state index contributed by atoms with van der Waals surface area (Å²) in [4.78, 5) is 0. The first kappa shape index (κ1) is 45.0. The van der Waals surface area contributed by atoms with E-state index in [2.05, 4.69) is 0 Å². The Morgan fingerprint density at radius 1 is 0.234 bits per heavy atom. The van der Waals surface area contributed by atoms with E-state index in [9.17, 15) is 132 Å². The highest BCUT2D eigenvalue weighted by Gasteiger charge is 2.95. The van der Waals surface area contributed by atoms with Crippen molar-refractivity contribution in [2.24, 2.45) is 0 Å². The average molecular weight is 802 g/mol. The van der Waals surface area contributed by atoms with Crippen LogP contribution in [0.25, 0.3) is 0 Å². The predicted molar refractivity (Wildman–Crippen MR) is 77.8 cm³/mol. The van der Waals surface area contributed by atoms with E-state index >= 15 is 0 Å². The van der Waals surface area contributed by atoms with Gasteiger partial charge in [-0.15, -0.1) is 0 Å². The molecule has 0 aromatic heterocycles. The van der Waals surface area contributed by atoms with Crippen molar-refractivity contribution in [1.82, 2.24) is 0 Å². The summed E-state index contributed by atoms with van der Waals surface area (Å²) in [6.07, 6.45) is -53.0. The summed E-state index contributed by atoms with van der Waals surface area (Å²) in [5, 5.41) is 0. The second-order valence-corrected chi connectivity index (χ2v) is 10.1. The molecule has 0 aliphatic rings. The van der Waals surface area contributed by atoms with Gasteiger partial charge in [0.1, 0.15) is 0 Å². The van der Waals surface area contributed by atoms with Gasteiger partial charge in [0.25, 0.3) is 0 Å². The molecule has 0 aromatic carbocycles. The molecule has 0 radical (unpaired) electrons. The van der Waals surface area contributed by atoms with Crippen molar-refractivity contribution in [3.8, 4) is 0 Å². The molecule has 284 valence electrons. The first-order valence-corrected chi connectivity index (χ1v) is 11.1. The van der Waals surface area contributed by atoms with Crippen molar-refractivity contribution in [2.45, 2.75) is 78.2 Å². The topological polar surface area (TPSA) is 27.7 Å². The minimum Gasteiger partial charge on any atom is -0.322 e. The van der Waals surface area contributed by atoms with Crippen LogP contribution in [0.3, 0.4) is 0 Å². The van der Waals surface area contributed by atoms with Gasteiger partial charge in [0.2, 0.25) is 0 Å².